The van der Waals surface area contributed by atoms with Gasteiger partial charge >= 0.3 is 0 Å². The molecule has 2 aromatic heterocycles. The van der Waals surface area contributed by atoms with Gasteiger partial charge in [-0.25, -0.2) is 9.97 Å². The molecule has 4 heteroatoms. The third kappa shape index (κ3) is 6.46. The number of para-hydroxylation sites is 2. The van der Waals surface area contributed by atoms with Gasteiger partial charge in [0.2, 0.25) is 0 Å². The fourth-order valence-corrected chi connectivity index (χ4v) is 15.1. The highest BCUT2D eigenvalue weighted by molar-refractivity contribution is 7.71. The van der Waals surface area contributed by atoms with Gasteiger partial charge in [0.1, 0.15) is 0 Å². The second-order valence-corrected chi connectivity index (χ2v) is 21.5. The molecule has 2 heterocycles. The van der Waals surface area contributed by atoms with Crippen molar-refractivity contribution < 1.29 is 0 Å². The van der Waals surface area contributed by atoms with E-state index >= 15 is 0 Å². The fraction of sp³-hybridized carbons (Fsp3) is 0.333. The molecule has 11 rings (SSSR count). The summed E-state index contributed by atoms with van der Waals surface area (Å²) in [6.45, 7) is 9.87. The summed E-state index contributed by atoms with van der Waals surface area (Å²) in [6, 6.07) is 54.4. The largest absolute Gasteiger partial charge is 0.248 e. The molecule has 0 amide bonds. The number of hydrogen-bond donors (Lipinski definition) is 0. The van der Waals surface area contributed by atoms with Gasteiger partial charge in [-0.1, -0.05) is 149 Å². The van der Waals surface area contributed by atoms with Crippen LogP contribution in [0.25, 0.3) is 21.8 Å². The molecule has 4 fully saturated rings. The molecule has 4 aliphatic carbocycles. The molecule has 4 atom stereocenters. The first-order valence-corrected chi connectivity index (χ1v) is 24.0. The van der Waals surface area contributed by atoms with Gasteiger partial charge in [-0.15, -0.1) is 9.24 Å². The molecule has 292 valence electrons. The Morgan fingerprint density at radius 1 is 0.586 bits per heavy atom. The van der Waals surface area contributed by atoms with Crippen molar-refractivity contribution in [3.63, 3.8) is 0 Å². The van der Waals surface area contributed by atoms with Crippen molar-refractivity contribution >= 4 is 49.8 Å². The van der Waals surface area contributed by atoms with Gasteiger partial charge in [0.15, 0.2) is 0 Å². The Kier molecular flexibility index (Phi) is 9.70. The van der Waals surface area contributed by atoms with Crippen LogP contribution in [0.4, 0.5) is 0 Å². The molecule has 2 nitrogen and oxygen atoms in total. The molecule has 0 saturated heterocycles. The van der Waals surface area contributed by atoms with E-state index < -0.39 is 7.92 Å². The van der Waals surface area contributed by atoms with Crippen LogP contribution >= 0.6 is 17.2 Å². The highest BCUT2D eigenvalue weighted by atomic mass is 31.1. The van der Waals surface area contributed by atoms with E-state index in [2.05, 4.69) is 183 Å². The Bertz CT molecular complexity index is 2520. The molecular formula is C54H56N2P2. The summed E-state index contributed by atoms with van der Waals surface area (Å²) in [7, 11) is 2.29. The van der Waals surface area contributed by atoms with Crippen molar-refractivity contribution in [2.75, 3.05) is 6.16 Å². The maximum atomic E-state index is 5.48. The van der Waals surface area contributed by atoms with Crippen molar-refractivity contribution in [3.8, 4) is 0 Å². The zero-order valence-corrected chi connectivity index (χ0v) is 36.6. The molecule has 58 heavy (non-hydrogen) atoms. The van der Waals surface area contributed by atoms with Crippen LogP contribution in [0.2, 0.25) is 0 Å². The van der Waals surface area contributed by atoms with Gasteiger partial charge in [0, 0.05) is 35.7 Å². The van der Waals surface area contributed by atoms with Crippen LogP contribution in [-0.2, 0) is 22.4 Å². The lowest BCUT2D eigenvalue weighted by atomic mass is 9.43. The molecule has 0 radical (unpaired) electrons. The molecule has 4 unspecified atom stereocenters. The van der Waals surface area contributed by atoms with Crippen LogP contribution < -0.4 is 10.9 Å². The summed E-state index contributed by atoms with van der Waals surface area (Å²) in [6.07, 6.45) is 8.99. The van der Waals surface area contributed by atoms with Crippen molar-refractivity contribution in [2.45, 2.75) is 82.2 Å². The lowest BCUT2D eigenvalue weighted by Crippen LogP contribution is -2.56. The van der Waals surface area contributed by atoms with Crippen molar-refractivity contribution in [2.24, 2.45) is 23.7 Å². The highest BCUT2D eigenvalue weighted by Crippen LogP contribution is 2.65. The lowest BCUT2D eigenvalue weighted by molar-refractivity contribution is -0.0521. The van der Waals surface area contributed by atoms with E-state index in [4.69, 9.17) is 9.97 Å². The number of benzene rings is 5. The standard InChI is InChI=1S/C54H56N2P2/c1-52(2,42-17-7-5-8-18-42)45-30-41(35-58(50-25-23-38-15-11-13-21-48(38)55-50)51-26-24-39-16-12-14-22-49(39)56-51)44(31-46(45)53(3,4)43-19-9-6-10-20-43)54-32-36-27-37(33-54)29-40(28-36)47(54)34-57/h5-26,30-31,36-37,40,47H,27-29,32-35,57H2,1-4H3. The smallest absolute Gasteiger partial charge is 0.0709 e. The van der Waals surface area contributed by atoms with Gasteiger partial charge < -0.3 is 0 Å². The first-order valence-electron chi connectivity index (χ1n) is 21.6. The Hall–Kier alpha value is -4.22. The van der Waals surface area contributed by atoms with E-state index in [0.29, 0.717) is 5.92 Å². The number of aromatic nitrogens is 2. The van der Waals surface area contributed by atoms with Crippen LogP contribution in [0.15, 0.2) is 146 Å². The maximum Gasteiger partial charge on any atom is 0.0709 e. The van der Waals surface area contributed by atoms with Crippen LogP contribution in [0.1, 0.15) is 93.2 Å². The molecule has 7 aromatic rings. The second kappa shape index (κ2) is 14.8. The van der Waals surface area contributed by atoms with Crippen LogP contribution in [0.5, 0.6) is 0 Å². The molecule has 4 saturated carbocycles. The van der Waals surface area contributed by atoms with E-state index in [0.717, 1.165) is 45.8 Å². The van der Waals surface area contributed by atoms with Gasteiger partial charge in [-0.3, -0.25) is 0 Å². The summed E-state index contributed by atoms with van der Waals surface area (Å²) in [5.41, 5.74) is 13.0. The van der Waals surface area contributed by atoms with Crippen LogP contribution in [-0.4, -0.2) is 16.1 Å². The third-order valence-electron chi connectivity index (χ3n) is 14.9. The topological polar surface area (TPSA) is 25.8 Å². The van der Waals surface area contributed by atoms with Crippen molar-refractivity contribution in [3.05, 3.63) is 179 Å². The number of pyridine rings is 2. The SMILES string of the molecule is CC(C)(c1ccccc1)c1cc(CP(c2ccc3ccccc3n2)c2ccc3ccccc3n2)c(C23CC4CC(CC(C4)C2CP)C3)cc1C(C)(C)c1ccccc1. The minimum absolute atomic E-state index is 0.164. The summed E-state index contributed by atoms with van der Waals surface area (Å²) < 4.78 is 0. The summed E-state index contributed by atoms with van der Waals surface area (Å²) >= 11 is 0. The van der Waals surface area contributed by atoms with Crippen LogP contribution in [0.3, 0.4) is 0 Å². The molecule has 4 bridgehead atoms. The Morgan fingerprint density at radius 3 is 1.59 bits per heavy atom. The molecule has 4 aliphatic rings. The van der Waals surface area contributed by atoms with E-state index in [9.17, 15) is 0 Å². The van der Waals surface area contributed by atoms with Gasteiger partial charge in [-0.05, 0) is 125 Å². The average Bonchev–Trinajstić information content (AvgIpc) is 3.25. The minimum Gasteiger partial charge on any atom is -0.248 e. The third-order valence-corrected chi connectivity index (χ3v) is 17.7. The fourth-order valence-electron chi connectivity index (χ4n) is 12.1. The van der Waals surface area contributed by atoms with E-state index in [1.54, 1.807) is 5.56 Å². The van der Waals surface area contributed by atoms with E-state index in [1.807, 2.05) is 0 Å². The first-order chi connectivity index (χ1) is 28.1. The van der Waals surface area contributed by atoms with Crippen molar-refractivity contribution in [1.82, 2.24) is 9.97 Å². The first kappa shape index (κ1) is 38.0. The summed E-state index contributed by atoms with van der Waals surface area (Å²) in [4.78, 5) is 11.0. The molecule has 0 spiro atoms. The lowest BCUT2D eigenvalue weighted by Gasteiger charge is -2.62. The van der Waals surface area contributed by atoms with E-state index in [1.165, 1.54) is 76.9 Å². The number of fused-ring (bicyclic) bond motifs is 2. The number of hydrogen-bond acceptors (Lipinski definition) is 2. The van der Waals surface area contributed by atoms with Crippen LogP contribution in [0, 0.1) is 23.7 Å². The summed E-state index contributed by atoms with van der Waals surface area (Å²) in [5, 5.41) is 2.37. The zero-order chi connectivity index (χ0) is 39.6. The van der Waals surface area contributed by atoms with Crippen molar-refractivity contribution in [1.29, 1.82) is 0 Å². The zero-order valence-electron chi connectivity index (χ0n) is 34.5. The highest BCUT2D eigenvalue weighted by Gasteiger charge is 2.58. The number of rotatable bonds is 10. The predicted octanol–water partition coefficient (Wildman–Crippen LogP) is 12.6. The quantitative estimate of drug-likeness (QED) is 0.129. The predicted molar refractivity (Wildman–Crippen MR) is 250 cm³/mol. The molecule has 5 aromatic carbocycles. The van der Waals surface area contributed by atoms with Gasteiger partial charge in [0.05, 0.1) is 21.9 Å². The molecule has 0 N–H and O–H groups in total. The average molecular weight is 795 g/mol. The Labute approximate surface area is 349 Å². The Morgan fingerprint density at radius 2 is 1.07 bits per heavy atom. The summed E-state index contributed by atoms with van der Waals surface area (Å²) in [5.74, 6) is 3.15. The van der Waals surface area contributed by atoms with Gasteiger partial charge in [0.25, 0.3) is 0 Å². The minimum atomic E-state index is -0.961. The maximum absolute atomic E-state index is 5.48. The van der Waals surface area contributed by atoms with Gasteiger partial charge in [-0.2, -0.15) is 0 Å². The number of nitrogens with zero attached hydrogens (tertiary/aromatic N) is 2. The Balaban J connectivity index is 1.25. The molecular weight excluding hydrogens is 739 g/mol. The second-order valence-electron chi connectivity index (χ2n) is 19.0. The van der Waals surface area contributed by atoms with E-state index in [-0.39, 0.29) is 16.2 Å². The normalized spacial score (nSPS) is 22.9. The monoisotopic (exact) mass is 794 g/mol. The molecule has 0 aliphatic heterocycles.